The van der Waals surface area contributed by atoms with Crippen LogP contribution in [-0.4, -0.2) is 30.5 Å². The number of pyridine rings is 1. The van der Waals surface area contributed by atoms with Gasteiger partial charge in [0.05, 0.1) is 5.69 Å². The Hall–Kier alpha value is -3.69. The van der Waals surface area contributed by atoms with E-state index in [2.05, 4.69) is 20.4 Å². The second-order valence-corrected chi connectivity index (χ2v) is 5.97. The summed E-state index contributed by atoms with van der Waals surface area (Å²) < 4.78 is 40.7. The van der Waals surface area contributed by atoms with Gasteiger partial charge in [0.25, 0.3) is 5.56 Å². The highest BCUT2D eigenvalue weighted by Crippen LogP contribution is 2.21. The van der Waals surface area contributed by atoms with Gasteiger partial charge in [-0.25, -0.2) is 9.67 Å². The Morgan fingerprint density at radius 2 is 1.86 bits per heavy atom. The lowest BCUT2D eigenvalue weighted by atomic mass is 10.3. The summed E-state index contributed by atoms with van der Waals surface area (Å²) in [5.74, 6) is 0.0841. The van der Waals surface area contributed by atoms with Gasteiger partial charge in [-0.05, 0) is 36.4 Å². The van der Waals surface area contributed by atoms with Gasteiger partial charge in [0, 0.05) is 35.7 Å². The number of nitrogens with zero attached hydrogens (tertiary/aromatic N) is 5. The van der Waals surface area contributed by atoms with E-state index in [-0.39, 0.29) is 11.6 Å². The van der Waals surface area contributed by atoms with Crippen LogP contribution in [0.2, 0.25) is 0 Å². The first kappa shape index (κ1) is 17.7. The van der Waals surface area contributed by atoms with Crippen LogP contribution < -0.4 is 10.9 Å². The number of alkyl halides is 3. The molecule has 142 valence electrons. The average molecular weight is 386 g/mol. The number of anilines is 2. The predicted octanol–water partition coefficient (Wildman–Crippen LogP) is 3.28. The molecule has 0 unspecified atom stereocenters. The van der Waals surface area contributed by atoms with Crippen LogP contribution in [0.4, 0.5) is 24.8 Å². The fraction of sp³-hybridized carbons (Fsp3) is 0.111. The van der Waals surface area contributed by atoms with Crippen molar-refractivity contribution in [3.05, 3.63) is 71.4 Å². The number of halogens is 3. The molecule has 1 N–H and O–H groups in total. The van der Waals surface area contributed by atoms with Gasteiger partial charge in [0.1, 0.15) is 12.2 Å². The Morgan fingerprint density at radius 1 is 1.07 bits per heavy atom. The fourth-order valence-corrected chi connectivity index (χ4v) is 2.71. The van der Waals surface area contributed by atoms with Crippen molar-refractivity contribution in [2.75, 3.05) is 5.32 Å². The molecule has 0 amide bonds. The van der Waals surface area contributed by atoms with Crippen molar-refractivity contribution in [1.82, 2.24) is 24.3 Å². The summed E-state index contributed by atoms with van der Waals surface area (Å²) in [6.45, 7) is -1.42. The van der Waals surface area contributed by atoms with Crippen molar-refractivity contribution >= 4 is 22.7 Å². The zero-order chi connectivity index (χ0) is 19.7. The van der Waals surface area contributed by atoms with E-state index in [0.717, 1.165) is 11.8 Å². The van der Waals surface area contributed by atoms with Gasteiger partial charge in [0.2, 0.25) is 5.95 Å². The highest BCUT2D eigenvalue weighted by molar-refractivity contribution is 5.75. The number of rotatable bonds is 4. The first-order valence-electron chi connectivity index (χ1n) is 8.19. The molecular formula is C18H13F3N6O. The monoisotopic (exact) mass is 386 g/mol. The lowest BCUT2D eigenvalue weighted by Crippen LogP contribution is -2.28. The lowest BCUT2D eigenvalue weighted by molar-refractivity contribution is -0.140. The van der Waals surface area contributed by atoms with Crippen LogP contribution in [0.25, 0.3) is 16.7 Å². The third kappa shape index (κ3) is 3.70. The molecule has 10 heteroatoms. The van der Waals surface area contributed by atoms with Gasteiger partial charge in [-0.1, -0.05) is 0 Å². The van der Waals surface area contributed by atoms with Crippen LogP contribution in [0, 0.1) is 0 Å². The van der Waals surface area contributed by atoms with Crippen LogP contribution in [-0.2, 0) is 6.54 Å². The summed E-state index contributed by atoms with van der Waals surface area (Å²) in [6.07, 6.45) is 0.290. The summed E-state index contributed by atoms with van der Waals surface area (Å²) in [6, 6.07) is 11.4. The fourth-order valence-electron chi connectivity index (χ4n) is 2.71. The number of hydrogen-bond donors (Lipinski definition) is 1. The lowest BCUT2D eigenvalue weighted by Gasteiger charge is -2.12. The molecule has 3 heterocycles. The van der Waals surface area contributed by atoms with Crippen molar-refractivity contribution in [2.24, 2.45) is 0 Å². The second kappa shape index (κ2) is 6.80. The summed E-state index contributed by atoms with van der Waals surface area (Å²) in [4.78, 5) is 20.1. The van der Waals surface area contributed by atoms with Crippen molar-refractivity contribution in [2.45, 2.75) is 12.7 Å². The molecule has 0 aliphatic heterocycles. The van der Waals surface area contributed by atoms with Gasteiger partial charge >= 0.3 is 6.18 Å². The van der Waals surface area contributed by atoms with E-state index in [1.165, 1.54) is 12.3 Å². The molecule has 4 aromatic rings. The minimum absolute atomic E-state index is 0.0841. The third-order valence-electron chi connectivity index (χ3n) is 3.95. The molecule has 4 rings (SSSR count). The number of aromatic nitrogens is 5. The van der Waals surface area contributed by atoms with Gasteiger partial charge in [0.15, 0.2) is 0 Å². The zero-order valence-corrected chi connectivity index (χ0v) is 14.3. The maximum absolute atomic E-state index is 12.8. The molecular weight excluding hydrogens is 373 g/mol. The maximum atomic E-state index is 12.8. The highest BCUT2D eigenvalue weighted by Gasteiger charge is 2.29. The Bertz CT molecular complexity index is 1170. The van der Waals surface area contributed by atoms with E-state index in [9.17, 15) is 18.0 Å². The van der Waals surface area contributed by atoms with E-state index in [0.29, 0.717) is 15.6 Å². The van der Waals surface area contributed by atoms with Crippen LogP contribution in [0.3, 0.4) is 0 Å². The molecule has 0 aliphatic carbocycles. The van der Waals surface area contributed by atoms with Crippen molar-refractivity contribution < 1.29 is 13.2 Å². The first-order chi connectivity index (χ1) is 13.4. The van der Waals surface area contributed by atoms with Gasteiger partial charge < -0.3 is 5.32 Å². The standard InChI is InChI=1S/C18H13F3N6O/c19-18(20,21)11-26-15(28)7-2-12-10-22-17(25-16(12)26)24-13-3-5-14(6-4-13)27-9-1-8-23-27/h1-10H,11H2,(H,22,24,25). The van der Waals surface area contributed by atoms with Crippen LogP contribution in [0.5, 0.6) is 0 Å². The Kier molecular flexibility index (Phi) is 4.30. The van der Waals surface area contributed by atoms with Gasteiger partial charge in [-0.2, -0.15) is 23.3 Å². The number of fused-ring (bicyclic) bond motifs is 1. The summed E-state index contributed by atoms with van der Waals surface area (Å²) in [7, 11) is 0. The smallest absolute Gasteiger partial charge is 0.324 e. The number of nitrogens with one attached hydrogen (secondary N) is 1. The Balaban J connectivity index is 1.66. The molecule has 28 heavy (non-hydrogen) atoms. The minimum atomic E-state index is -4.54. The van der Waals surface area contributed by atoms with Crippen molar-refractivity contribution in [3.63, 3.8) is 0 Å². The average Bonchev–Trinajstić information content (AvgIpc) is 3.19. The quantitative estimate of drug-likeness (QED) is 0.582. The van der Waals surface area contributed by atoms with E-state index in [1.807, 2.05) is 12.1 Å². The van der Waals surface area contributed by atoms with Gasteiger partial charge in [-0.3, -0.25) is 9.36 Å². The van der Waals surface area contributed by atoms with Crippen LogP contribution in [0.15, 0.2) is 65.8 Å². The normalized spacial score (nSPS) is 11.7. The molecule has 0 radical (unpaired) electrons. The Morgan fingerprint density at radius 3 is 2.54 bits per heavy atom. The predicted molar refractivity (Wildman–Crippen MR) is 96.7 cm³/mol. The van der Waals surface area contributed by atoms with E-state index in [4.69, 9.17) is 0 Å². The van der Waals surface area contributed by atoms with Crippen LogP contribution >= 0.6 is 0 Å². The molecule has 1 aromatic carbocycles. The van der Waals surface area contributed by atoms with Crippen LogP contribution in [0.1, 0.15) is 0 Å². The molecule has 0 saturated heterocycles. The molecule has 0 aliphatic rings. The molecule has 0 saturated carbocycles. The Labute approximate surface area is 156 Å². The largest absolute Gasteiger partial charge is 0.406 e. The molecule has 0 atom stereocenters. The number of benzene rings is 1. The topological polar surface area (TPSA) is 77.6 Å². The summed E-state index contributed by atoms with van der Waals surface area (Å²) in [5, 5.41) is 7.39. The van der Waals surface area contributed by atoms with Crippen molar-refractivity contribution in [3.8, 4) is 5.69 Å². The highest BCUT2D eigenvalue weighted by atomic mass is 19.4. The van der Waals surface area contributed by atoms with E-state index in [1.54, 1.807) is 35.3 Å². The SMILES string of the molecule is O=c1ccc2cnc(Nc3ccc(-n4cccn4)cc3)nc2n1CC(F)(F)F. The zero-order valence-electron chi connectivity index (χ0n) is 14.3. The molecule has 7 nitrogen and oxygen atoms in total. The van der Waals surface area contributed by atoms with Crippen molar-refractivity contribution in [1.29, 1.82) is 0 Å². The minimum Gasteiger partial charge on any atom is -0.324 e. The summed E-state index contributed by atoms with van der Waals surface area (Å²) >= 11 is 0. The molecule has 0 bridgehead atoms. The number of hydrogen-bond acceptors (Lipinski definition) is 5. The first-order valence-corrected chi connectivity index (χ1v) is 8.19. The summed E-state index contributed by atoms with van der Waals surface area (Å²) in [5.41, 5.74) is 0.610. The molecule has 0 spiro atoms. The third-order valence-corrected chi connectivity index (χ3v) is 3.95. The van der Waals surface area contributed by atoms with E-state index < -0.39 is 18.3 Å². The molecule has 0 fully saturated rings. The van der Waals surface area contributed by atoms with E-state index >= 15 is 0 Å². The maximum Gasteiger partial charge on any atom is 0.406 e. The molecule has 3 aromatic heterocycles. The van der Waals surface area contributed by atoms with Gasteiger partial charge in [-0.15, -0.1) is 0 Å². The second-order valence-electron chi connectivity index (χ2n) is 5.97.